The van der Waals surface area contributed by atoms with Gasteiger partial charge < -0.3 is 4.57 Å². The molecule has 2 fully saturated rings. The molecule has 0 amide bonds. The number of hydrogen-bond donors (Lipinski definition) is 0. The largest absolute Gasteiger partial charge is 0.319 e. The van der Waals surface area contributed by atoms with E-state index in [4.69, 9.17) is 0 Å². The third-order valence-corrected chi connectivity index (χ3v) is 14.8. The van der Waals surface area contributed by atoms with Crippen molar-refractivity contribution in [3.05, 3.63) is 0 Å². The summed E-state index contributed by atoms with van der Waals surface area (Å²) in [5.74, 6) is 0. The fourth-order valence-electron chi connectivity index (χ4n) is 3.42. The molecule has 1 aliphatic heterocycles. The Morgan fingerprint density at radius 3 is 2.07 bits per heavy atom. The third-order valence-electron chi connectivity index (χ3n) is 4.21. The zero-order valence-corrected chi connectivity index (χ0v) is 13.3. The lowest BCUT2D eigenvalue weighted by atomic mass is 9.93. The van der Waals surface area contributed by atoms with Crippen molar-refractivity contribution in [1.29, 1.82) is 0 Å². The summed E-state index contributed by atoms with van der Waals surface area (Å²) in [5, 5.41) is 0. The third kappa shape index (κ3) is 2.74. The maximum Gasteiger partial charge on any atom is 0.106 e. The van der Waals surface area contributed by atoms with Gasteiger partial charge in [0.2, 0.25) is 0 Å². The molecule has 2 aliphatic rings. The molecule has 0 spiro atoms. The van der Waals surface area contributed by atoms with Crippen LogP contribution in [0.1, 0.15) is 52.9 Å². The van der Waals surface area contributed by atoms with Crippen molar-refractivity contribution in [1.82, 2.24) is 4.57 Å². The Kier molecular flexibility index (Phi) is 3.73. The Morgan fingerprint density at radius 1 is 1.07 bits per heavy atom. The molecule has 88 valence electrons. The minimum absolute atomic E-state index is 0.419. The highest BCUT2D eigenvalue weighted by Gasteiger charge is 2.38. The highest BCUT2D eigenvalue weighted by molar-refractivity contribution is 6.85. The minimum atomic E-state index is -0.419. The van der Waals surface area contributed by atoms with Gasteiger partial charge >= 0.3 is 0 Å². The van der Waals surface area contributed by atoms with Crippen LogP contribution in [-0.2, 0) is 0 Å². The van der Waals surface area contributed by atoms with Crippen molar-refractivity contribution in [2.75, 3.05) is 0 Å². The fourth-order valence-corrected chi connectivity index (χ4v) is 10.7. The normalized spacial score (nSPS) is 30.8. The van der Waals surface area contributed by atoms with Crippen molar-refractivity contribution in [3.63, 3.8) is 0 Å². The van der Waals surface area contributed by atoms with E-state index in [1.165, 1.54) is 32.1 Å². The molecule has 2 rings (SSSR count). The highest BCUT2D eigenvalue weighted by atomic mass is 28.4. The molecule has 15 heavy (non-hydrogen) atoms. The van der Waals surface area contributed by atoms with E-state index in [1.54, 1.807) is 11.3 Å². The van der Waals surface area contributed by atoms with E-state index in [9.17, 15) is 0 Å². The first-order valence-electron chi connectivity index (χ1n) is 6.87. The molecule has 0 aromatic heterocycles. The van der Waals surface area contributed by atoms with Crippen LogP contribution in [0.3, 0.4) is 0 Å². The standard InChI is InChI=1S/C12H27NSi2/c1-12(2,3)13(15-9-14-10-15)11-7-5-4-6-8-11/h11,15H,4-10,14H2,1-3H3. The van der Waals surface area contributed by atoms with E-state index in [0.717, 1.165) is 6.04 Å². The molecule has 0 N–H and O–H groups in total. The van der Waals surface area contributed by atoms with Crippen LogP contribution in [0.5, 0.6) is 0 Å². The van der Waals surface area contributed by atoms with E-state index in [-0.39, 0.29) is 0 Å². The van der Waals surface area contributed by atoms with Crippen LogP contribution in [0, 0.1) is 0 Å². The van der Waals surface area contributed by atoms with Crippen LogP contribution in [-0.4, -0.2) is 34.6 Å². The van der Waals surface area contributed by atoms with Crippen molar-refractivity contribution < 1.29 is 0 Å². The lowest BCUT2D eigenvalue weighted by Gasteiger charge is -2.50. The average Bonchev–Trinajstić information content (AvgIpc) is 2.10. The fraction of sp³-hybridized carbons (Fsp3) is 1.00. The van der Waals surface area contributed by atoms with Crippen LogP contribution in [0.25, 0.3) is 0 Å². The molecule has 1 saturated carbocycles. The second-order valence-corrected chi connectivity index (χ2v) is 13.6. The molecule has 1 aliphatic carbocycles. The Bertz CT molecular complexity index is 202. The lowest BCUT2D eigenvalue weighted by molar-refractivity contribution is 0.150. The zero-order chi connectivity index (χ0) is 10.9. The average molecular weight is 242 g/mol. The summed E-state index contributed by atoms with van der Waals surface area (Å²) in [5.41, 5.74) is 3.93. The molecular formula is C12H27NSi2. The zero-order valence-electron chi connectivity index (χ0n) is 10.8. The SMILES string of the molecule is CC(C)(C)N(C1CCCCC1)[SiH]1C[SiH2]C1. The van der Waals surface area contributed by atoms with E-state index in [1.807, 2.05) is 0 Å². The van der Waals surface area contributed by atoms with Gasteiger partial charge in [-0.2, -0.15) is 0 Å². The molecule has 0 aromatic carbocycles. The van der Waals surface area contributed by atoms with E-state index in [0.29, 0.717) is 15.1 Å². The van der Waals surface area contributed by atoms with Crippen molar-refractivity contribution in [3.8, 4) is 0 Å². The smallest absolute Gasteiger partial charge is 0.106 e. The monoisotopic (exact) mass is 241 g/mol. The summed E-state index contributed by atoms with van der Waals surface area (Å²) in [6, 6.07) is 0.977. The number of hydrogen-bond acceptors (Lipinski definition) is 1. The van der Waals surface area contributed by atoms with Gasteiger partial charge in [-0.1, -0.05) is 30.6 Å². The predicted octanol–water partition coefficient (Wildman–Crippen LogP) is 2.24. The van der Waals surface area contributed by atoms with Gasteiger partial charge in [-0.15, -0.1) is 0 Å². The van der Waals surface area contributed by atoms with Gasteiger partial charge in [-0.3, -0.25) is 0 Å². The first-order chi connectivity index (χ1) is 7.09. The predicted molar refractivity (Wildman–Crippen MR) is 73.8 cm³/mol. The first-order valence-corrected chi connectivity index (χ1v) is 11.0. The van der Waals surface area contributed by atoms with E-state index in [2.05, 4.69) is 25.3 Å². The molecule has 0 bridgehead atoms. The van der Waals surface area contributed by atoms with Crippen molar-refractivity contribution in [2.24, 2.45) is 0 Å². The lowest BCUT2D eigenvalue weighted by Crippen LogP contribution is -2.60. The Balaban J connectivity index is 2.03. The molecule has 0 aromatic rings. The summed E-state index contributed by atoms with van der Waals surface area (Å²) in [7, 11) is 0.0224. The van der Waals surface area contributed by atoms with Crippen LogP contribution >= 0.6 is 0 Å². The van der Waals surface area contributed by atoms with Gasteiger partial charge in [-0.25, -0.2) is 0 Å². The van der Waals surface area contributed by atoms with Crippen molar-refractivity contribution in [2.45, 2.75) is 75.8 Å². The molecule has 1 nitrogen and oxygen atoms in total. The molecule has 0 unspecified atom stereocenters. The highest BCUT2D eigenvalue weighted by Crippen LogP contribution is 2.33. The molecule has 3 heteroatoms. The summed E-state index contributed by atoms with van der Waals surface area (Å²) < 4.78 is 3.03. The van der Waals surface area contributed by atoms with Gasteiger partial charge in [-0.05, 0) is 33.6 Å². The second kappa shape index (κ2) is 4.72. The summed E-state index contributed by atoms with van der Waals surface area (Å²) in [6.07, 6.45) is 7.49. The molecule has 1 saturated heterocycles. The summed E-state index contributed by atoms with van der Waals surface area (Å²) in [6.45, 7) is 7.36. The van der Waals surface area contributed by atoms with Gasteiger partial charge in [0.25, 0.3) is 0 Å². The Labute approximate surface area is 99.1 Å². The Morgan fingerprint density at radius 2 is 1.67 bits per heavy atom. The Hall–Kier alpha value is 0.394. The maximum atomic E-state index is 3.03. The van der Waals surface area contributed by atoms with Crippen LogP contribution in [0.4, 0.5) is 0 Å². The molecular weight excluding hydrogens is 214 g/mol. The van der Waals surface area contributed by atoms with Gasteiger partial charge in [0, 0.05) is 21.1 Å². The number of nitrogens with zero attached hydrogens (tertiary/aromatic N) is 1. The van der Waals surface area contributed by atoms with Crippen LogP contribution in [0.15, 0.2) is 0 Å². The second-order valence-electron chi connectivity index (χ2n) is 6.45. The van der Waals surface area contributed by atoms with E-state index >= 15 is 0 Å². The topological polar surface area (TPSA) is 3.24 Å². The van der Waals surface area contributed by atoms with E-state index < -0.39 is 8.96 Å². The minimum Gasteiger partial charge on any atom is -0.319 e. The number of rotatable bonds is 2. The van der Waals surface area contributed by atoms with Gasteiger partial charge in [0.05, 0.1) is 0 Å². The maximum absolute atomic E-state index is 3.03. The molecule has 1 heterocycles. The first kappa shape index (κ1) is 11.9. The molecule has 0 atom stereocenters. The van der Waals surface area contributed by atoms with Crippen LogP contribution in [0.2, 0.25) is 11.3 Å². The quantitative estimate of drug-likeness (QED) is 0.670. The van der Waals surface area contributed by atoms with Gasteiger partial charge in [0.15, 0.2) is 0 Å². The molecule has 0 radical (unpaired) electrons. The van der Waals surface area contributed by atoms with Crippen molar-refractivity contribution >= 4 is 18.5 Å². The summed E-state index contributed by atoms with van der Waals surface area (Å²) in [4.78, 5) is 0. The van der Waals surface area contributed by atoms with Crippen LogP contribution < -0.4 is 0 Å². The summed E-state index contributed by atoms with van der Waals surface area (Å²) >= 11 is 0. The van der Waals surface area contributed by atoms with Gasteiger partial charge in [0.1, 0.15) is 8.96 Å².